The summed E-state index contributed by atoms with van der Waals surface area (Å²) in [6.07, 6.45) is 4.54. The van der Waals surface area contributed by atoms with Crippen LogP contribution >= 0.6 is 0 Å². The van der Waals surface area contributed by atoms with Gasteiger partial charge < -0.3 is 5.32 Å². The van der Waals surface area contributed by atoms with Crippen molar-refractivity contribution in [2.75, 3.05) is 13.2 Å². The molecule has 3 heteroatoms. The van der Waals surface area contributed by atoms with Gasteiger partial charge in [0.15, 0.2) is 0 Å². The first-order chi connectivity index (χ1) is 5.36. The predicted octanol–water partition coefficient (Wildman–Crippen LogP) is 0.318. The Kier molecular flexibility index (Phi) is 1.82. The second kappa shape index (κ2) is 2.81. The third-order valence-corrected chi connectivity index (χ3v) is 2.65. The van der Waals surface area contributed by atoms with Crippen molar-refractivity contribution in [2.24, 2.45) is 0 Å². The van der Waals surface area contributed by atoms with Crippen molar-refractivity contribution in [3.63, 3.8) is 0 Å². The molecule has 2 fully saturated rings. The molecule has 0 bridgehead atoms. The molecule has 0 aromatic rings. The van der Waals surface area contributed by atoms with E-state index in [1.807, 2.05) is 0 Å². The normalized spacial score (nSPS) is 32.7. The van der Waals surface area contributed by atoms with E-state index in [0.29, 0.717) is 6.04 Å². The fourth-order valence-corrected chi connectivity index (χ4v) is 1.98. The van der Waals surface area contributed by atoms with E-state index in [9.17, 15) is 4.79 Å². The number of fused-ring (bicyclic) bond motifs is 1. The lowest BCUT2D eigenvalue weighted by Crippen LogP contribution is -2.52. The smallest absolute Gasteiger partial charge is 0.222 e. The first-order valence-electron chi connectivity index (χ1n) is 4.37. The van der Waals surface area contributed by atoms with Gasteiger partial charge in [0, 0.05) is 19.0 Å². The molecule has 0 saturated carbocycles. The zero-order chi connectivity index (χ0) is 7.68. The summed E-state index contributed by atoms with van der Waals surface area (Å²) in [6, 6.07) is 0.553. The van der Waals surface area contributed by atoms with Gasteiger partial charge >= 0.3 is 0 Å². The van der Waals surface area contributed by atoms with Crippen molar-refractivity contribution in [1.82, 2.24) is 10.2 Å². The minimum atomic E-state index is 0.230. The van der Waals surface area contributed by atoms with Crippen molar-refractivity contribution in [2.45, 2.75) is 31.7 Å². The van der Waals surface area contributed by atoms with Crippen LogP contribution < -0.4 is 5.32 Å². The third kappa shape index (κ3) is 1.38. The van der Waals surface area contributed by atoms with E-state index in [4.69, 9.17) is 0 Å². The van der Waals surface area contributed by atoms with Gasteiger partial charge in [0.2, 0.25) is 5.91 Å². The zero-order valence-corrected chi connectivity index (χ0v) is 6.68. The summed E-state index contributed by atoms with van der Waals surface area (Å²) in [7, 11) is 0. The zero-order valence-electron chi connectivity index (χ0n) is 6.68. The Morgan fingerprint density at radius 3 is 3.27 bits per heavy atom. The van der Waals surface area contributed by atoms with Crippen molar-refractivity contribution >= 4 is 5.91 Å². The minimum absolute atomic E-state index is 0.230. The van der Waals surface area contributed by atoms with Gasteiger partial charge in [-0.15, -0.1) is 0 Å². The summed E-state index contributed by atoms with van der Waals surface area (Å²) in [5.41, 5.74) is 0. The molecular formula is C8H14N2O. The maximum absolute atomic E-state index is 11.0. The van der Waals surface area contributed by atoms with Gasteiger partial charge in [-0.2, -0.15) is 0 Å². The van der Waals surface area contributed by atoms with E-state index in [2.05, 4.69) is 10.2 Å². The van der Waals surface area contributed by atoms with E-state index < -0.39 is 0 Å². The summed E-state index contributed by atoms with van der Waals surface area (Å²) in [5.74, 6) is 0.230. The van der Waals surface area contributed by atoms with Crippen LogP contribution in [0.2, 0.25) is 0 Å². The average molecular weight is 154 g/mol. The van der Waals surface area contributed by atoms with Crippen LogP contribution in [0.25, 0.3) is 0 Å². The Bertz CT molecular complexity index is 169. The van der Waals surface area contributed by atoms with Crippen LogP contribution in [0.3, 0.4) is 0 Å². The molecule has 2 heterocycles. The van der Waals surface area contributed by atoms with Gasteiger partial charge in [-0.1, -0.05) is 6.42 Å². The highest BCUT2D eigenvalue weighted by Gasteiger charge is 2.28. The maximum atomic E-state index is 11.0. The van der Waals surface area contributed by atoms with Crippen LogP contribution in [0.5, 0.6) is 0 Å². The number of carbonyl (C=O) groups is 1. The summed E-state index contributed by atoms with van der Waals surface area (Å²) >= 11 is 0. The third-order valence-electron chi connectivity index (χ3n) is 2.65. The van der Waals surface area contributed by atoms with Gasteiger partial charge in [0.05, 0.1) is 6.67 Å². The molecule has 3 nitrogen and oxygen atoms in total. The highest BCUT2D eigenvalue weighted by Crippen LogP contribution is 2.20. The molecule has 2 rings (SSSR count). The Balaban J connectivity index is 1.98. The lowest BCUT2D eigenvalue weighted by atomic mass is 9.98. The molecule has 1 unspecified atom stereocenters. The molecule has 1 amide bonds. The van der Waals surface area contributed by atoms with E-state index in [-0.39, 0.29) is 5.91 Å². The fraction of sp³-hybridized carbons (Fsp3) is 0.875. The van der Waals surface area contributed by atoms with Gasteiger partial charge in [-0.3, -0.25) is 9.69 Å². The molecule has 0 aromatic carbocycles. The lowest BCUT2D eigenvalue weighted by molar-refractivity contribution is -0.126. The van der Waals surface area contributed by atoms with E-state index in [1.54, 1.807) is 0 Å². The summed E-state index contributed by atoms with van der Waals surface area (Å²) in [4.78, 5) is 13.4. The van der Waals surface area contributed by atoms with Crippen LogP contribution in [-0.4, -0.2) is 30.1 Å². The molecule has 0 aromatic heterocycles. The second-order valence-electron chi connectivity index (χ2n) is 3.42. The number of amides is 1. The van der Waals surface area contributed by atoms with Crippen LogP contribution in [0.1, 0.15) is 25.7 Å². The van der Waals surface area contributed by atoms with Crippen LogP contribution in [0, 0.1) is 0 Å². The Morgan fingerprint density at radius 1 is 1.45 bits per heavy atom. The lowest BCUT2D eigenvalue weighted by Gasteiger charge is -2.38. The van der Waals surface area contributed by atoms with E-state index in [1.165, 1.54) is 25.8 Å². The number of rotatable bonds is 0. The molecule has 62 valence electrons. The van der Waals surface area contributed by atoms with Crippen LogP contribution in [0.4, 0.5) is 0 Å². The monoisotopic (exact) mass is 154 g/mol. The quantitative estimate of drug-likeness (QED) is 0.545. The molecule has 2 aliphatic rings. The Hall–Kier alpha value is -0.570. The van der Waals surface area contributed by atoms with Crippen molar-refractivity contribution in [1.29, 1.82) is 0 Å². The molecular weight excluding hydrogens is 140 g/mol. The number of hydrogen-bond acceptors (Lipinski definition) is 2. The first kappa shape index (κ1) is 7.10. The topological polar surface area (TPSA) is 32.3 Å². The summed E-state index contributed by atoms with van der Waals surface area (Å²) in [6.45, 7) is 1.95. The number of nitrogens with one attached hydrogen (secondary N) is 1. The standard InChI is InChI=1S/C8H14N2O/c11-8-5-7-3-1-2-4-10(7)6-9-8/h7H,1-6H2,(H,9,11). The fourth-order valence-electron chi connectivity index (χ4n) is 1.98. The largest absolute Gasteiger partial charge is 0.343 e. The number of carbonyl (C=O) groups excluding carboxylic acids is 1. The molecule has 2 aliphatic heterocycles. The van der Waals surface area contributed by atoms with Crippen LogP contribution in [-0.2, 0) is 4.79 Å². The Labute approximate surface area is 66.8 Å². The second-order valence-corrected chi connectivity index (χ2v) is 3.42. The van der Waals surface area contributed by atoms with Gasteiger partial charge in [0.1, 0.15) is 0 Å². The van der Waals surface area contributed by atoms with Crippen molar-refractivity contribution in [3.05, 3.63) is 0 Å². The molecule has 0 spiro atoms. The molecule has 0 radical (unpaired) electrons. The van der Waals surface area contributed by atoms with Crippen molar-refractivity contribution in [3.8, 4) is 0 Å². The van der Waals surface area contributed by atoms with Crippen molar-refractivity contribution < 1.29 is 4.79 Å². The molecule has 2 saturated heterocycles. The number of piperidine rings is 1. The first-order valence-corrected chi connectivity index (χ1v) is 4.37. The van der Waals surface area contributed by atoms with E-state index >= 15 is 0 Å². The average Bonchev–Trinajstić information content (AvgIpc) is 2.04. The molecule has 11 heavy (non-hydrogen) atoms. The minimum Gasteiger partial charge on any atom is -0.343 e. The SMILES string of the molecule is O=C1CC2CCCCN2CN1. The maximum Gasteiger partial charge on any atom is 0.222 e. The van der Waals surface area contributed by atoms with Gasteiger partial charge in [-0.05, 0) is 12.8 Å². The Morgan fingerprint density at radius 2 is 2.36 bits per heavy atom. The summed E-state index contributed by atoms with van der Waals surface area (Å²) < 4.78 is 0. The number of nitrogens with zero attached hydrogens (tertiary/aromatic N) is 1. The van der Waals surface area contributed by atoms with Gasteiger partial charge in [0.25, 0.3) is 0 Å². The highest BCUT2D eigenvalue weighted by molar-refractivity contribution is 5.77. The van der Waals surface area contributed by atoms with E-state index in [0.717, 1.165) is 13.1 Å². The number of hydrogen-bond donors (Lipinski definition) is 1. The molecule has 1 atom stereocenters. The van der Waals surface area contributed by atoms with Crippen LogP contribution in [0.15, 0.2) is 0 Å². The predicted molar refractivity (Wildman–Crippen MR) is 42.0 cm³/mol. The summed E-state index contributed by atoms with van der Waals surface area (Å²) in [5, 5.41) is 2.87. The van der Waals surface area contributed by atoms with Gasteiger partial charge in [-0.25, -0.2) is 0 Å². The molecule has 1 N–H and O–H groups in total. The molecule has 0 aliphatic carbocycles. The highest BCUT2D eigenvalue weighted by atomic mass is 16.1.